The fourth-order valence-electron chi connectivity index (χ4n) is 5.35. The maximum atomic E-state index is 4.92. The topological polar surface area (TPSA) is 19.4 Å². The molecular weight excluding hydrogens is 361 g/mol. The summed E-state index contributed by atoms with van der Waals surface area (Å²) in [6.07, 6.45) is 17.9. The van der Waals surface area contributed by atoms with Crippen LogP contribution < -0.4 is 0 Å². The maximum Gasteiger partial charge on any atom is 0.0722 e. The quantitative estimate of drug-likeness (QED) is 0.464. The standard InChI is InChI=1S/C24H42N3P/c1-26(2)19-12-20-27(3)24(23-17-10-11-18-25-23)28(21-13-6-4-7-14-21)22-15-8-5-9-16-22/h10-11,17-18,21-22,24H,4-9,12-16,19-20H2,1-3H3. The van der Waals surface area contributed by atoms with Crippen LogP contribution in [0.5, 0.6) is 0 Å². The summed E-state index contributed by atoms with van der Waals surface area (Å²) in [6, 6.07) is 6.60. The average molecular weight is 404 g/mol. The van der Waals surface area contributed by atoms with Gasteiger partial charge in [0.2, 0.25) is 0 Å². The fourth-order valence-corrected chi connectivity index (χ4v) is 9.70. The molecule has 28 heavy (non-hydrogen) atoms. The van der Waals surface area contributed by atoms with Crippen molar-refractivity contribution < 1.29 is 0 Å². The molecule has 0 radical (unpaired) electrons. The van der Waals surface area contributed by atoms with Gasteiger partial charge in [-0.1, -0.05) is 52.5 Å². The minimum atomic E-state index is -0.0582. The number of nitrogens with zero attached hydrogens (tertiary/aromatic N) is 3. The Balaban J connectivity index is 1.85. The molecule has 3 nitrogen and oxygen atoms in total. The van der Waals surface area contributed by atoms with E-state index in [9.17, 15) is 0 Å². The molecule has 1 atom stereocenters. The minimum absolute atomic E-state index is 0.0582. The highest BCUT2D eigenvalue weighted by Gasteiger charge is 2.39. The Labute approximate surface area is 175 Å². The Hall–Kier alpha value is -0.500. The van der Waals surface area contributed by atoms with Crippen molar-refractivity contribution in [3.63, 3.8) is 0 Å². The second-order valence-corrected chi connectivity index (χ2v) is 12.1. The molecule has 1 unspecified atom stereocenters. The van der Waals surface area contributed by atoms with Gasteiger partial charge in [0.05, 0.1) is 11.5 Å². The third-order valence-electron chi connectivity index (χ3n) is 6.76. The van der Waals surface area contributed by atoms with Gasteiger partial charge in [0.1, 0.15) is 0 Å². The summed E-state index contributed by atoms with van der Waals surface area (Å²) in [7, 11) is 6.70. The van der Waals surface area contributed by atoms with Crippen molar-refractivity contribution in [2.24, 2.45) is 0 Å². The van der Waals surface area contributed by atoms with Crippen molar-refractivity contribution >= 4 is 7.92 Å². The molecule has 3 rings (SSSR count). The Morgan fingerprint density at radius 1 is 0.893 bits per heavy atom. The van der Waals surface area contributed by atoms with Crippen molar-refractivity contribution in [2.45, 2.75) is 87.7 Å². The van der Waals surface area contributed by atoms with Crippen LogP contribution in [0.3, 0.4) is 0 Å². The third kappa shape index (κ3) is 6.25. The highest BCUT2D eigenvalue weighted by molar-refractivity contribution is 7.59. The molecule has 2 aliphatic rings. The van der Waals surface area contributed by atoms with Gasteiger partial charge in [0.25, 0.3) is 0 Å². The van der Waals surface area contributed by atoms with Crippen LogP contribution >= 0.6 is 7.92 Å². The highest BCUT2D eigenvalue weighted by Crippen LogP contribution is 2.64. The first kappa shape index (κ1) is 22.2. The van der Waals surface area contributed by atoms with E-state index in [0.717, 1.165) is 11.3 Å². The van der Waals surface area contributed by atoms with Gasteiger partial charge >= 0.3 is 0 Å². The monoisotopic (exact) mass is 403 g/mol. The van der Waals surface area contributed by atoms with Crippen LogP contribution in [-0.4, -0.2) is 60.3 Å². The molecule has 2 fully saturated rings. The zero-order valence-corrected chi connectivity index (χ0v) is 19.4. The molecule has 2 aliphatic carbocycles. The number of aromatic nitrogens is 1. The van der Waals surface area contributed by atoms with Crippen LogP contribution in [-0.2, 0) is 0 Å². The number of rotatable bonds is 9. The highest BCUT2D eigenvalue weighted by atomic mass is 31.1. The maximum absolute atomic E-state index is 4.92. The summed E-state index contributed by atoms with van der Waals surface area (Å²) in [6.45, 7) is 2.35. The van der Waals surface area contributed by atoms with E-state index >= 15 is 0 Å². The molecule has 0 spiro atoms. The SMILES string of the molecule is CN(C)CCCN(C)C(c1ccccn1)P(C1CCCCC1)C1CCCCC1. The van der Waals surface area contributed by atoms with E-state index in [4.69, 9.17) is 4.98 Å². The molecule has 1 aromatic rings. The fraction of sp³-hybridized carbons (Fsp3) is 0.792. The van der Waals surface area contributed by atoms with Crippen LogP contribution in [0, 0.1) is 0 Å². The lowest BCUT2D eigenvalue weighted by molar-refractivity contribution is 0.278. The smallest absolute Gasteiger partial charge is 0.0722 e. The summed E-state index contributed by atoms with van der Waals surface area (Å²) in [5, 5.41) is 0. The van der Waals surface area contributed by atoms with Crippen molar-refractivity contribution in [3.8, 4) is 0 Å². The van der Waals surface area contributed by atoms with Gasteiger partial charge in [-0.15, -0.1) is 0 Å². The van der Waals surface area contributed by atoms with Crippen LogP contribution in [0.15, 0.2) is 24.4 Å². The first-order valence-electron chi connectivity index (χ1n) is 11.7. The molecule has 4 heteroatoms. The lowest BCUT2D eigenvalue weighted by atomic mass is 9.99. The third-order valence-corrected chi connectivity index (χ3v) is 10.7. The van der Waals surface area contributed by atoms with E-state index in [1.54, 1.807) is 0 Å². The summed E-state index contributed by atoms with van der Waals surface area (Å²) in [5.41, 5.74) is 3.25. The van der Waals surface area contributed by atoms with Gasteiger partial charge in [-0.25, -0.2) is 0 Å². The van der Waals surface area contributed by atoms with Crippen molar-refractivity contribution in [2.75, 3.05) is 34.2 Å². The van der Waals surface area contributed by atoms with Crippen molar-refractivity contribution in [1.29, 1.82) is 0 Å². The zero-order chi connectivity index (χ0) is 19.8. The Morgan fingerprint density at radius 2 is 1.50 bits per heavy atom. The van der Waals surface area contributed by atoms with E-state index in [1.807, 2.05) is 6.20 Å². The molecule has 0 aliphatic heterocycles. The van der Waals surface area contributed by atoms with Gasteiger partial charge in [-0.3, -0.25) is 9.88 Å². The van der Waals surface area contributed by atoms with Crippen molar-refractivity contribution in [1.82, 2.24) is 14.8 Å². The molecule has 0 aromatic carbocycles. The van der Waals surface area contributed by atoms with Crippen LogP contribution in [0.25, 0.3) is 0 Å². The van der Waals surface area contributed by atoms with E-state index in [2.05, 4.69) is 49.1 Å². The van der Waals surface area contributed by atoms with Crippen LogP contribution in [0.4, 0.5) is 0 Å². The van der Waals surface area contributed by atoms with E-state index < -0.39 is 0 Å². The predicted molar refractivity (Wildman–Crippen MR) is 123 cm³/mol. The summed E-state index contributed by atoms with van der Waals surface area (Å²) < 4.78 is 0. The largest absolute Gasteiger partial charge is 0.309 e. The van der Waals surface area contributed by atoms with E-state index in [-0.39, 0.29) is 7.92 Å². The Bertz CT molecular complexity index is 520. The molecule has 2 saturated carbocycles. The Kier molecular flexibility index (Phi) is 9.21. The lowest BCUT2D eigenvalue weighted by Gasteiger charge is -2.46. The average Bonchev–Trinajstić information content (AvgIpc) is 2.73. The lowest BCUT2D eigenvalue weighted by Crippen LogP contribution is -2.33. The molecule has 0 saturated heterocycles. The van der Waals surface area contributed by atoms with Gasteiger partial charge in [-0.2, -0.15) is 0 Å². The second kappa shape index (κ2) is 11.6. The Morgan fingerprint density at radius 3 is 2.00 bits per heavy atom. The molecule has 1 heterocycles. The van der Waals surface area contributed by atoms with E-state index in [0.29, 0.717) is 5.78 Å². The van der Waals surface area contributed by atoms with Gasteiger partial charge in [-0.05, 0) is 83.2 Å². The molecule has 0 bridgehead atoms. The summed E-state index contributed by atoms with van der Waals surface area (Å²) >= 11 is 0. The van der Waals surface area contributed by atoms with Gasteiger partial charge in [0.15, 0.2) is 0 Å². The summed E-state index contributed by atoms with van der Waals surface area (Å²) in [5.74, 6) is 0.546. The summed E-state index contributed by atoms with van der Waals surface area (Å²) in [4.78, 5) is 9.93. The number of hydrogen-bond donors (Lipinski definition) is 0. The number of pyridine rings is 1. The van der Waals surface area contributed by atoms with Gasteiger partial charge in [0, 0.05) is 12.7 Å². The molecule has 1 aromatic heterocycles. The predicted octanol–water partition coefficient (Wildman–Crippen LogP) is 6.11. The zero-order valence-electron chi connectivity index (χ0n) is 18.5. The molecule has 0 amide bonds. The van der Waals surface area contributed by atoms with Crippen LogP contribution in [0.2, 0.25) is 0 Å². The normalized spacial score (nSPS) is 20.9. The first-order chi connectivity index (χ1) is 13.7. The molecular formula is C24H42N3P. The molecule has 0 N–H and O–H groups in total. The first-order valence-corrected chi connectivity index (χ1v) is 13.2. The molecule has 158 valence electrons. The van der Waals surface area contributed by atoms with Crippen LogP contribution in [0.1, 0.15) is 82.1 Å². The minimum Gasteiger partial charge on any atom is -0.309 e. The van der Waals surface area contributed by atoms with E-state index in [1.165, 1.54) is 89.4 Å². The second-order valence-electron chi connectivity index (χ2n) is 9.30. The van der Waals surface area contributed by atoms with Gasteiger partial charge < -0.3 is 4.90 Å². The van der Waals surface area contributed by atoms with Crippen molar-refractivity contribution in [3.05, 3.63) is 30.1 Å². The number of hydrogen-bond acceptors (Lipinski definition) is 3.